The number of hydrogen-bond acceptors (Lipinski definition) is 1. The zero-order valence-electron chi connectivity index (χ0n) is 9.82. The Morgan fingerprint density at radius 2 is 1.35 bits per heavy atom. The molecule has 0 N–H and O–H groups in total. The van der Waals surface area contributed by atoms with E-state index < -0.39 is 0 Å². The van der Waals surface area contributed by atoms with Gasteiger partial charge in [0.2, 0.25) is 6.21 Å². The van der Waals surface area contributed by atoms with Crippen molar-refractivity contribution < 1.29 is 4.68 Å². The van der Waals surface area contributed by atoms with Crippen LogP contribution >= 0.6 is 0 Å². The predicted molar refractivity (Wildman–Crippen MR) is 71.8 cm³/mol. The second-order valence-corrected chi connectivity index (χ2v) is 3.77. The Balaban J connectivity index is 2.09. The molecular formula is C15H15N2+. The van der Waals surface area contributed by atoms with Crippen LogP contribution in [0.4, 0.5) is 0 Å². The maximum Gasteiger partial charge on any atom is 0.203 e. The van der Waals surface area contributed by atoms with Crippen molar-refractivity contribution in [2.24, 2.45) is 5.10 Å². The molecule has 0 saturated heterocycles. The van der Waals surface area contributed by atoms with Crippen LogP contribution in [0.25, 0.3) is 0 Å². The van der Waals surface area contributed by atoms with Gasteiger partial charge in [0.05, 0.1) is 0 Å². The summed E-state index contributed by atoms with van der Waals surface area (Å²) in [5.74, 6) is 0. The minimum absolute atomic E-state index is 1.10. The smallest absolute Gasteiger partial charge is 0.0934 e. The zero-order chi connectivity index (χ0) is 11.9. The van der Waals surface area contributed by atoms with Gasteiger partial charge in [-0.05, 0) is 22.8 Å². The number of rotatable bonds is 3. The van der Waals surface area contributed by atoms with Crippen LogP contribution in [0.3, 0.4) is 0 Å². The summed E-state index contributed by atoms with van der Waals surface area (Å²) in [7, 11) is 1.92. The van der Waals surface area contributed by atoms with Crippen LogP contribution < -0.4 is 0 Å². The van der Waals surface area contributed by atoms with E-state index in [2.05, 4.69) is 17.2 Å². The van der Waals surface area contributed by atoms with Gasteiger partial charge in [0, 0.05) is 5.56 Å². The van der Waals surface area contributed by atoms with E-state index in [9.17, 15) is 0 Å². The van der Waals surface area contributed by atoms with Crippen molar-refractivity contribution in [3.8, 4) is 0 Å². The lowest BCUT2D eigenvalue weighted by Gasteiger charge is -1.90. The molecule has 2 aromatic rings. The highest BCUT2D eigenvalue weighted by Crippen LogP contribution is 1.95. The highest BCUT2D eigenvalue weighted by molar-refractivity contribution is 5.79. The van der Waals surface area contributed by atoms with Crippen molar-refractivity contribution in [1.82, 2.24) is 0 Å². The molecule has 0 unspecified atom stereocenters. The van der Waals surface area contributed by atoms with Crippen LogP contribution in [0.5, 0.6) is 0 Å². The quantitative estimate of drug-likeness (QED) is 0.432. The van der Waals surface area contributed by atoms with Crippen molar-refractivity contribution in [3.05, 3.63) is 71.8 Å². The highest BCUT2D eigenvalue weighted by Gasteiger charge is 1.94. The standard InChI is InChI=1S/C15H15N2/c1-17(13-15-10-6-3-7-11-15)16-12-14-8-4-2-5-9-14/h2-13H,1H3/q+1. The summed E-state index contributed by atoms with van der Waals surface area (Å²) >= 11 is 0. The number of hydrazone groups is 1. The Bertz CT molecular complexity index is 513. The van der Waals surface area contributed by atoms with Crippen LogP contribution in [0, 0.1) is 0 Å². The molecule has 0 heterocycles. The fourth-order valence-corrected chi connectivity index (χ4v) is 1.49. The van der Waals surface area contributed by atoms with Crippen LogP contribution in [-0.2, 0) is 0 Å². The Hall–Kier alpha value is -2.22. The third-order valence-electron chi connectivity index (χ3n) is 2.32. The number of hydrogen-bond donors (Lipinski definition) is 0. The first-order valence-corrected chi connectivity index (χ1v) is 5.56. The van der Waals surface area contributed by atoms with Gasteiger partial charge < -0.3 is 0 Å². The number of nitrogens with zero attached hydrogens (tertiary/aromatic N) is 2. The van der Waals surface area contributed by atoms with Gasteiger partial charge >= 0.3 is 0 Å². The van der Waals surface area contributed by atoms with Crippen LogP contribution in [0.2, 0.25) is 0 Å². The van der Waals surface area contributed by atoms with Gasteiger partial charge in [-0.2, -0.15) is 0 Å². The van der Waals surface area contributed by atoms with Gasteiger partial charge in [-0.15, -0.1) is 0 Å². The average molecular weight is 223 g/mol. The molecule has 84 valence electrons. The summed E-state index contributed by atoms with van der Waals surface area (Å²) in [6.45, 7) is 0. The molecule has 0 saturated carbocycles. The fraction of sp³-hybridized carbons (Fsp3) is 0.0667. The summed E-state index contributed by atoms with van der Waals surface area (Å²) in [6.07, 6.45) is 3.83. The molecule has 0 atom stereocenters. The van der Waals surface area contributed by atoms with Gasteiger partial charge in [-0.25, -0.2) is 0 Å². The minimum atomic E-state index is 1.10. The number of benzene rings is 2. The van der Waals surface area contributed by atoms with Gasteiger partial charge in [0.25, 0.3) is 0 Å². The van der Waals surface area contributed by atoms with Crippen molar-refractivity contribution in [3.63, 3.8) is 0 Å². The second-order valence-electron chi connectivity index (χ2n) is 3.77. The summed E-state index contributed by atoms with van der Waals surface area (Å²) in [5.41, 5.74) is 2.24. The normalized spacial score (nSPS) is 11.9. The molecule has 0 amide bonds. The molecular weight excluding hydrogens is 208 g/mol. The van der Waals surface area contributed by atoms with E-state index in [0.717, 1.165) is 11.1 Å². The highest BCUT2D eigenvalue weighted by atomic mass is 15.3. The lowest BCUT2D eigenvalue weighted by atomic mass is 10.2. The van der Waals surface area contributed by atoms with E-state index in [4.69, 9.17) is 0 Å². The van der Waals surface area contributed by atoms with Gasteiger partial charge in [-0.1, -0.05) is 53.2 Å². The van der Waals surface area contributed by atoms with E-state index in [-0.39, 0.29) is 0 Å². The molecule has 2 aromatic carbocycles. The first-order chi connectivity index (χ1) is 8.34. The Morgan fingerprint density at radius 1 is 0.824 bits per heavy atom. The lowest BCUT2D eigenvalue weighted by Crippen LogP contribution is -2.00. The van der Waals surface area contributed by atoms with Crippen molar-refractivity contribution in [2.75, 3.05) is 7.05 Å². The van der Waals surface area contributed by atoms with Crippen LogP contribution in [0.15, 0.2) is 65.8 Å². The molecule has 0 spiro atoms. The monoisotopic (exact) mass is 223 g/mol. The van der Waals surface area contributed by atoms with Crippen molar-refractivity contribution >= 4 is 12.4 Å². The molecule has 0 fully saturated rings. The second kappa shape index (κ2) is 5.75. The zero-order valence-corrected chi connectivity index (χ0v) is 9.82. The molecule has 2 nitrogen and oxygen atoms in total. The topological polar surface area (TPSA) is 15.4 Å². The lowest BCUT2D eigenvalue weighted by molar-refractivity contribution is -0.496. The minimum Gasteiger partial charge on any atom is -0.0934 e. The van der Waals surface area contributed by atoms with Gasteiger partial charge in [0.1, 0.15) is 6.21 Å². The van der Waals surface area contributed by atoms with Gasteiger partial charge in [-0.3, -0.25) is 0 Å². The van der Waals surface area contributed by atoms with E-state index >= 15 is 0 Å². The molecule has 0 radical (unpaired) electrons. The molecule has 2 rings (SSSR count). The maximum absolute atomic E-state index is 4.34. The molecule has 0 aliphatic carbocycles. The molecule has 0 aromatic heterocycles. The van der Waals surface area contributed by atoms with E-state index in [0.29, 0.717) is 0 Å². The van der Waals surface area contributed by atoms with Gasteiger partial charge in [0.15, 0.2) is 7.05 Å². The largest absolute Gasteiger partial charge is 0.203 e. The van der Waals surface area contributed by atoms with Crippen LogP contribution in [-0.4, -0.2) is 24.2 Å². The summed E-state index contributed by atoms with van der Waals surface area (Å²) in [5, 5.41) is 4.34. The molecule has 0 bridgehead atoms. The maximum atomic E-state index is 4.34. The van der Waals surface area contributed by atoms with E-state index in [1.807, 2.05) is 72.7 Å². The Labute approximate surface area is 102 Å². The summed E-state index contributed by atoms with van der Waals surface area (Å²) in [6, 6.07) is 20.2. The Kier molecular flexibility index (Phi) is 3.81. The summed E-state index contributed by atoms with van der Waals surface area (Å²) < 4.78 is 1.81. The predicted octanol–water partition coefficient (Wildman–Crippen LogP) is 2.78. The molecule has 17 heavy (non-hydrogen) atoms. The molecule has 2 heteroatoms. The average Bonchev–Trinajstić information content (AvgIpc) is 2.39. The summed E-state index contributed by atoms with van der Waals surface area (Å²) in [4.78, 5) is 0. The third-order valence-corrected chi connectivity index (χ3v) is 2.32. The third kappa shape index (κ3) is 3.68. The molecule has 0 aliphatic rings. The van der Waals surface area contributed by atoms with E-state index in [1.165, 1.54) is 0 Å². The fourth-order valence-electron chi connectivity index (χ4n) is 1.49. The SMILES string of the molecule is C[N+](=Cc1ccccc1)N=Cc1ccccc1. The Morgan fingerprint density at radius 3 is 1.94 bits per heavy atom. The van der Waals surface area contributed by atoms with Crippen LogP contribution in [0.1, 0.15) is 11.1 Å². The van der Waals surface area contributed by atoms with Crippen molar-refractivity contribution in [2.45, 2.75) is 0 Å². The first kappa shape index (κ1) is 11.3. The van der Waals surface area contributed by atoms with E-state index in [1.54, 1.807) is 0 Å². The first-order valence-electron chi connectivity index (χ1n) is 5.56. The van der Waals surface area contributed by atoms with Crippen molar-refractivity contribution in [1.29, 1.82) is 0 Å². The molecule has 0 aliphatic heterocycles.